The smallest absolute Gasteiger partial charge is 0.147 e. The Morgan fingerprint density at radius 3 is 1.25 bits per heavy atom. The van der Waals surface area contributed by atoms with Gasteiger partial charge in [-0.05, 0) is 0 Å². The number of hydrogen-bond acceptors (Lipinski definition) is 0. The minimum absolute atomic E-state index is 0. The van der Waals surface area contributed by atoms with Gasteiger partial charge in [0.25, 0.3) is 0 Å². The fourth-order valence-electron chi connectivity index (χ4n) is 6.56. The predicted octanol–water partition coefficient (Wildman–Crippen LogP) is 8.18. The van der Waals surface area contributed by atoms with Crippen molar-refractivity contribution in [2.24, 2.45) is 11.8 Å². The van der Waals surface area contributed by atoms with E-state index in [1.54, 1.807) is 17.8 Å². The Kier molecular flexibility index (Phi) is 8.31. The monoisotopic (exact) mass is 650 g/mol. The molecule has 0 bridgehead atoms. The molecule has 4 heteroatoms. The van der Waals surface area contributed by atoms with Crippen LogP contribution in [0.3, 0.4) is 0 Å². The van der Waals surface area contributed by atoms with Crippen molar-refractivity contribution in [2.75, 3.05) is 0 Å². The molecule has 0 aromatic heterocycles. The molecular weight excluding hydrogens is 614 g/mol. The van der Waals surface area contributed by atoms with E-state index in [4.69, 9.17) is 0 Å². The van der Waals surface area contributed by atoms with Gasteiger partial charge in [-0.1, -0.05) is 0 Å². The molecule has 0 saturated carbocycles. The van der Waals surface area contributed by atoms with E-state index in [2.05, 4.69) is 117 Å². The van der Waals surface area contributed by atoms with E-state index >= 15 is 0 Å². The van der Waals surface area contributed by atoms with Crippen LogP contribution in [0.4, 0.5) is 0 Å². The van der Waals surface area contributed by atoms with Crippen molar-refractivity contribution < 1.29 is 17.1 Å². The first-order chi connectivity index (χ1) is 14.1. The van der Waals surface area contributed by atoms with Crippen LogP contribution >= 0.6 is 24.8 Å². The van der Waals surface area contributed by atoms with Crippen LogP contribution in [0.15, 0.2) is 90.6 Å². The molecule has 2 aromatic carbocycles. The Bertz CT molecular complexity index is 1110. The SMILES string of the molecule is CC1=[C]([Hf]([CH3])([CH3])(=[SiH2])[C]2=C(C)C(c3ccccc3)=CC2C)C(C)C=C1c1ccccc1.Cl.Cl. The van der Waals surface area contributed by atoms with E-state index in [1.807, 2.05) is 0 Å². The van der Waals surface area contributed by atoms with Gasteiger partial charge < -0.3 is 0 Å². The molecule has 2 unspecified atom stereocenters. The van der Waals surface area contributed by atoms with Crippen LogP contribution in [0.1, 0.15) is 38.8 Å². The van der Waals surface area contributed by atoms with Crippen LogP contribution in [-0.4, -0.2) is 6.94 Å². The zero-order valence-corrected chi connectivity index (χ0v) is 26.7. The summed E-state index contributed by atoms with van der Waals surface area (Å²) in [5.41, 5.74) is 8.73. The normalized spacial score (nSPS) is 21.1. The van der Waals surface area contributed by atoms with Crippen molar-refractivity contribution in [1.82, 2.24) is 0 Å². The first kappa shape index (κ1) is 27.3. The maximum absolute atomic E-state index is 3.50. The molecular formula is C28H36Cl2HfSi. The van der Waals surface area contributed by atoms with Crippen LogP contribution < -0.4 is 0 Å². The second-order valence-electron chi connectivity index (χ2n) is 10.2. The zero-order chi connectivity index (χ0) is 21.7. The maximum Gasteiger partial charge on any atom is -0.147 e. The van der Waals surface area contributed by atoms with Crippen molar-refractivity contribution >= 4 is 42.9 Å². The molecule has 2 aromatic rings. The zero-order valence-electron chi connectivity index (χ0n) is 20.1. The van der Waals surface area contributed by atoms with E-state index in [0.29, 0.717) is 11.8 Å². The number of hydrogen-bond donors (Lipinski definition) is 0. The van der Waals surface area contributed by atoms with Gasteiger partial charge in [-0.2, -0.15) is 0 Å². The standard InChI is InChI=1S/2C13H13.2CH3.2ClH.Hf.H2Si/c2*1-10-8-11(2)13(9-10)12-6-4-3-5-7-12;;;;;;/h2*3-7,9-10H,1-2H3;2*1H3;2*1H;;1H2. The number of halogens is 2. The van der Waals surface area contributed by atoms with Crippen LogP contribution in [0.2, 0.25) is 9.36 Å². The Hall–Kier alpha value is -0.933. The van der Waals surface area contributed by atoms with Gasteiger partial charge in [-0.3, -0.25) is 0 Å². The molecule has 0 N–H and O–H groups in total. The molecule has 0 amide bonds. The summed E-state index contributed by atoms with van der Waals surface area (Å²) >= 11 is -3.50. The summed E-state index contributed by atoms with van der Waals surface area (Å²) in [5.74, 6) is 1.05. The molecule has 0 fully saturated rings. The molecule has 2 atom stereocenters. The second-order valence-corrected chi connectivity index (χ2v) is 50.8. The van der Waals surface area contributed by atoms with Crippen LogP contribution in [0.25, 0.3) is 11.1 Å². The van der Waals surface area contributed by atoms with Gasteiger partial charge in [0.2, 0.25) is 0 Å². The molecule has 4 rings (SSSR count). The maximum atomic E-state index is 2.68. The molecule has 0 heterocycles. The topological polar surface area (TPSA) is 0 Å². The van der Waals surface area contributed by atoms with E-state index in [9.17, 15) is 0 Å². The summed E-state index contributed by atoms with van der Waals surface area (Å²) in [7, 11) is 0. The Balaban J connectivity index is 0.00000181. The summed E-state index contributed by atoms with van der Waals surface area (Å²) < 4.78 is 8.94. The minimum Gasteiger partial charge on any atom is -0.147 e. The van der Waals surface area contributed by atoms with Gasteiger partial charge in [-0.15, -0.1) is 24.8 Å². The number of benzene rings is 2. The average Bonchev–Trinajstić information content (AvgIpc) is 3.19. The third-order valence-electron chi connectivity index (χ3n) is 7.26. The van der Waals surface area contributed by atoms with Crippen LogP contribution in [0, 0.1) is 11.8 Å². The molecule has 2 aliphatic carbocycles. The molecule has 0 aliphatic heterocycles. The fraction of sp³-hybridized carbons (Fsp3) is 0.286. The summed E-state index contributed by atoms with van der Waals surface area (Å²) in [6, 6.07) is 21.9. The summed E-state index contributed by atoms with van der Waals surface area (Å²) in [6.45, 7) is 12.0. The second kappa shape index (κ2) is 9.74. The summed E-state index contributed by atoms with van der Waals surface area (Å²) in [4.78, 5) is 0. The van der Waals surface area contributed by atoms with Crippen LogP contribution in [0.5, 0.6) is 0 Å². The van der Waals surface area contributed by atoms with E-state index in [0.717, 1.165) is 0 Å². The predicted molar refractivity (Wildman–Crippen MR) is 147 cm³/mol. The fourth-order valence-corrected chi connectivity index (χ4v) is 37.9. The summed E-state index contributed by atoms with van der Waals surface area (Å²) in [5, 5.41) is 0. The average molecular weight is 650 g/mol. The number of allylic oxidation sites excluding steroid dienone is 8. The van der Waals surface area contributed by atoms with Gasteiger partial charge in [-0.25, -0.2) is 0 Å². The van der Waals surface area contributed by atoms with Gasteiger partial charge in [0.1, 0.15) is 0 Å². The van der Waals surface area contributed by atoms with Crippen molar-refractivity contribution in [3.8, 4) is 0 Å². The van der Waals surface area contributed by atoms with Crippen molar-refractivity contribution in [2.45, 2.75) is 37.1 Å². The third kappa shape index (κ3) is 4.53. The van der Waals surface area contributed by atoms with Crippen molar-refractivity contribution in [3.63, 3.8) is 0 Å². The molecule has 0 nitrogen and oxygen atoms in total. The molecule has 0 spiro atoms. The first-order valence-corrected chi connectivity index (χ1v) is 30.3. The van der Waals surface area contributed by atoms with Crippen molar-refractivity contribution in [3.05, 3.63) is 102 Å². The molecule has 0 saturated heterocycles. The van der Waals surface area contributed by atoms with Gasteiger partial charge in [0.05, 0.1) is 0 Å². The van der Waals surface area contributed by atoms with Gasteiger partial charge in [0, 0.05) is 0 Å². The van der Waals surface area contributed by atoms with Gasteiger partial charge in [0.15, 0.2) is 0 Å². The third-order valence-corrected chi connectivity index (χ3v) is 31.9. The Labute approximate surface area is 209 Å². The van der Waals surface area contributed by atoms with Crippen LogP contribution in [-0.2, 0) is 17.1 Å². The quantitative estimate of drug-likeness (QED) is 0.293. The largest absolute Gasteiger partial charge is 0.147 e. The molecule has 170 valence electrons. The minimum atomic E-state index is -3.50. The Morgan fingerprint density at radius 2 is 0.938 bits per heavy atom. The molecule has 32 heavy (non-hydrogen) atoms. The molecule has 0 radical (unpaired) electrons. The summed E-state index contributed by atoms with van der Waals surface area (Å²) in [6.07, 6.45) is 5.05. The van der Waals surface area contributed by atoms with E-state index < -0.39 is 17.1 Å². The van der Waals surface area contributed by atoms with Gasteiger partial charge >= 0.3 is 186 Å². The first-order valence-electron chi connectivity index (χ1n) is 11.2. The Morgan fingerprint density at radius 1 is 0.625 bits per heavy atom. The molecule has 2 aliphatic rings. The number of rotatable bonds is 4. The van der Waals surface area contributed by atoms with E-state index in [-0.39, 0.29) is 24.8 Å². The van der Waals surface area contributed by atoms with E-state index in [1.165, 1.54) is 22.3 Å². The van der Waals surface area contributed by atoms with Crippen molar-refractivity contribution in [1.29, 1.82) is 0 Å².